The molecule has 4 heteroatoms. The molecule has 0 saturated heterocycles. The SMILES string of the molecule is CC(NCCN(C)C1CCCC1)c1cc(F)ccc1F. The van der Waals surface area contributed by atoms with E-state index in [0.717, 1.165) is 19.2 Å². The highest BCUT2D eigenvalue weighted by Gasteiger charge is 2.19. The zero-order chi connectivity index (χ0) is 14.5. The first-order chi connectivity index (χ1) is 9.58. The molecule has 20 heavy (non-hydrogen) atoms. The molecule has 1 saturated carbocycles. The Labute approximate surface area is 120 Å². The van der Waals surface area contributed by atoms with Crippen LogP contribution in [0.25, 0.3) is 0 Å². The van der Waals surface area contributed by atoms with Crippen LogP contribution in [0, 0.1) is 11.6 Å². The standard InChI is InChI=1S/C16H24F2N2/c1-12(15-11-13(17)7-8-16(15)18)19-9-10-20(2)14-5-3-4-6-14/h7-8,11-12,14,19H,3-6,9-10H2,1-2H3. The minimum Gasteiger partial charge on any atom is -0.309 e. The van der Waals surface area contributed by atoms with Gasteiger partial charge < -0.3 is 10.2 Å². The van der Waals surface area contributed by atoms with Gasteiger partial charge in [0, 0.05) is 30.7 Å². The van der Waals surface area contributed by atoms with Gasteiger partial charge in [-0.05, 0) is 45.0 Å². The van der Waals surface area contributed by atoms with Gasteiger partial charge in [0.05, 0.1) is 0 Å². The molecular formula is C16H24F2N2. The summed E-state index contributed by atoms with van der Waals surface area (Å²) in [6.45, 7) is 3.59. The molecule has 1 fully saturated rings. The molecule has 2 nitrogen and oxygen atoms in total. The van der Waals surface area contributed by atoms with Gasteiger partial charge in [0.1, 0.15) is 11.6 Å². The molecule has 0 aliphatic heterocycles. The number of benzene rings is 1. The molecule has 0 bridgehead atoms. The summed E-state index contributed by atoms with van der Waals surface area (Å²) in [6, 6.07) is 4.13. The van der Waals surface area contributed by atoms with Gasteiger partial charge in [0.25, 0.3) is 0 Å². The molecule has 0 amide bonds. The largest absolute Gasteiger partial charge is 0.309 e. The molecule has 1 N–H and O–H groups in total. The van der Waals surface area contributed by atoms with E-state index in [4.69, 9.17) is 0 Å². The van der Waals surface area contributed by atoms with Gasteiger partial charge >= 0.3 is 0 Å². The third-order valence-corrected chi connectivity index (χ3v) is 4.29. The Bertz CT molecular complexity index is 430. The molecule has 1 unspecified atom stereocenters. The highest BCUT2D eigenvalue weighted by atomic mass is 19.1. The molecule has 2 rings (SSSR count). The third-order valence-electron chi connectivity index (χ3n) is 4.29. The number of halogens is 2. The van der Waals surface area contributed by atoms with E-state index < -0.39 is 5.82 Å². The average molecular weight is 282 g/mol. The van der Waals surface area contributed by atoms with Crippen molar-refractivity contribution < 1.29 is 8.78 Å². The fourth-order valence-electron chi connectivity index (χ4n) is 2.94. The lowest BCUT2D eigenvalue weighted by molar-refractivity contribution is 0.242. The molecule has 112 valence electrons. The van der Waals surface area contributed by atoms with Crippen LogP contribution in [0.3, 0.4) is 0 Å². The molecule has 0 aromatic heterocycles. The van der Waals surface area contributed by atoms with Crippen LogP contribution in [0.1, 0.15) is 44.2 Å². The van der Waals surface area contributed by atoms with E-state index in [1.165, 1.54) is 37.8 Å². The second-order valence-electron chi connectivity index (χ2n) is 5.76. The minimum absolute atomic E-state index is 0.178. The van der Waals surface area contributed by atoms with Gasteiger partial charge in [-0.1, -0.05) is 12.8 Å². The van der Waals surface area contributed by atoms with Gasteiger partial charge in [0.2, 0.25) is 0 Å². The summed E-state index contributed by atoms with van der Waals surface area (Å²) in [4.78, 5) is 2.37. The molecule has 0 spiro atoms. The number of nitrogens with zero attached hydrogens (tertiary/aromatic N) is 1. The van der Waals surface area contributed by atoms with Crippen molar-refractivity contribution in [3.8, 4) is 0 Å². The summed E-state index contributed by atoms with van der Waals surface area (Å²) in [5.41, 5.74) is 0.397. The zero-order valence-electron chi connectivity index (χ0n) is 12.3. The van der Waals surface area contributed by atoms with Gasteiger partial charge in [-0.2, -0.15) is 0 Å². The third kappa shape index (κ3) is 4.00. The maximum atomic E-state index is 13.6. The first kappa shape index (κ1) is 15.4. The number of nitrogens with one attached hydrogen (secondary N) is 1. The quantitative estimate of drug-likeness (QED) is 0.859. The van der Waals surface area contributed by atoms with Crippen molar-refractivity contribution in [1.82, 2.24) is 10.2 Å². The summed E-state index contributed by atoms with van der Waals surface area (Å²) in [7, 11) is 2.14. The number of hydrogen-bond donors (Lipinski definition) is 1. The van der Waals surface area contributed by atoms with Crippen LogP contribution in [0.4, 0.5) is 8.78 Å². The summed E-state index contributed by atoms with van der Waals surface area (Å²) in [6.07, 6.45) is 5.22. The molecule has 1 aromatic rings. The van der Waals surface area contributed by atoms with Gasteiger partial charge in [-0.3, -0.25) is 0 Å². The molecular weight excluding hydrogens is 258 g/mol. The van der Waals surface area contributed by atoms with E-state index in [0.29, 0.717) is 11.6 Å². The van der Waals surface area contributed by atoms with E-state index in [1.807, 2.05) is 6.92 Å². The van der Waals surface area contributed by atoms with Crippen LogP contribution < -0.4 is 5.32 Å². The maximum absolute atomic E-state index is 13.6. The second kappa shape index (κ2) is 7.14. The van der Waals surface area contributed by atoms with E-state index in [-0.39, 0.29) is 11.9 Å². The van der Waals surface area contributed by atoms with Crippen LogP contribution in [-0.4, -0.2) is 31.1 Å². The van der Waals surface area contributed by atoms with Crippen molar-refractivity contribution in [3.05, 3.63) is 35.4 Å². The number of likely N-dealkylation sites (N-methyl/N-ethyl adjacent to an activating group) is 1. The fourth-order valence-corrected chi connectivity index (χ4v) is 2.94. The first-order valence-corrected chi connectivity index (χ1v) is 7.46. The molecule has 1 aliphatic carbocycles. The van der Waals surface area contributed by atoms with Crippen molar-refractivity contribution >= 4 is 0 Å². The number of rotatable bonds is 6. The van der Waals surface area contributed by atoms with Gasteiger partial charge in [-0.25, -0.2) is 8.78 Å². The summed E-state index contributed by atoms with van der Waals surface area (Å²) in [5, 5.41) is 3.27. The highest BCUT2D eigenvalue weighted by molar-refractivity contribution is 5.21. The van der Waals surface area contributed by atoms with Crippen LogP contribution in [0.15, 0.2) is 18.2 Å². The predicted molar refractivity (Wildman–Crippen MR) is 77.7 cm³/mol. The Hall–Kier alpha value is -1.00. The monoisotopic (exact) mass is 282 g/mol. The predicted octanol–water partition coefficient (Wildman–Crippen LogP) is 3.49. The van der Waals surface area contributed by atoms with E-state index in [9.17, 15) is 8.78 Å². The van der Waals surface area contributed by atoms with Crippen molar-refractivity contribution in [2.45, 2.75) is 44.7 Å². The smallest absolute Gasteiger partial charge is 0.128 e. The molecule has 1 atom stereocenters. The number of hydrogen-bond acceptors (Lipinski definition) is 2. The van der Waals surface area contributed by atoms with E-state index in [2.05, 4.69) is 17.3 Å². The van der Waals surface area contributed by atoms with Crippen LogP contribution in [0.2, 0.25) is 0 Å². The molecule has 0 heterocycles. The lowest BCUT2D eigenvalue weighted by atomic mass is 10.1. The van der Waals surface area contributed by atoms with E-state index in [1.54, 1.807) is 0 Å². The van der Waals surface area contributed by atoms with Crippen LogP contribution in [-0.2, 0) is 0 Å². The lowest BCUT2D eigenvalue weighted by Crippen LogP contribution is -2.36. The lowest BCUT2D eigenvalue weighted by Gasteiger charge is -2.25. The summed E-state index contributed by atoms with van der Waals surface area (Å²) >= 11 is 0. The van der Waals surface area contributed by atoms with Gasteiger partial charge in [-0.15, -0.1) is 0 Å². The van der Waals surface area contributed by atoms with Crippen molar-refractivity contribution in [2.24, 2.45) is 0 Å². The normalized spacial score (nSPS) is 17.9. The topological polar surface area (TPSA) is 15.3 Å². The molecule has 1 aromatic carbocycles. The zero-order valence-corrected chi connectivity index (χ0v) is 12.3. The fraction of sp³-hybridized carbons (Fsp3) is 0.625. The maximum Gasteiger partial charge on any atom is 0.128 e. The summed E-state index contributed by atoms with van der Waals surface area (Å²) < 4.78 is 26.8. The Balaban J connectivity index is 1.79. The Morgan fingerprint density at radius 2 is 2.00 bits per heavy atom. The first-order valence-electron chi connectivity index (χ1n) is 7.46. The van der Waals surface area contributed by atoms with Crippen molar-refractivity contribution in [2.75, 3.05) is 20.1 Å². The van der Waals surface area contributed by atoms with E-state index >= 15 is 0 Å². The Morgan fingerprint density at radius 3 is 2.70 bits per heavy atom. The van der Waals surface area contributed by atoms with Crippen LogP contribution in [0.5, 0.6) is 0 Å². The highest BCUT2D eigenvalue weighted by Crippen LogP contribution is 2.22. The molecule has 1 aliphatic rings. The molecule has 0 radical (unpaired) electrons. The summed E-state index contributed by atoms with van der Waals surface area (Å²) in [5.74, 6) is -0.742. The average Bonchev–Trinajstić information content (AvgIpc) is 2.95. The van der Waals surface area contributed by atoms with Gasteiger partial charge in [0.15, 0.2) is 0 Å². The Kier molecular flexibility index (Phi) is 5.49. The van der Waals surface area contributed by atoms with Crippen LogP contribution >= 0.6 is 0 Å². The Morgan fingerprint density at radius 1 is 1.30 bits per heavy atom. The van der Waals surface area contributed by atoms with Crippen molar-refractivity contribution in [3.63, 3.8) is 0 Å². The minimum atomic E-state index is -0.391. The van der Waals surface area contributed by atoms with Crippen molar-refractivity contribution in [1.29, 1.82) is 0 Å². The second-order valence-corrected chi connectivity index (χ2v) is 5.76.